The van der Waals surface area contributed by atoms with Gasteiger partial charge in [-0.2, -0.15) is 0 Å². The third kappa shape index (κ3) is 1.43. The van der Waals surface area contributed by atoms with Crippen LogP contribution in [0.2, 0.25) is 0 Å². The van der Waals surface area contributed by atoms with E-state index in [4.69, 9.17) is 16.3 Å². The third-order valence-corrected chi connectivity index (χ3v) is 1.98. The second-order valence-corrected chi connectivity index (χ2v) is 2.87. The number of aromatic nitrogens is 3. The molecule has 1 aromatic rings. The van der Waals surface area contributed by atoms with Crippen LogP contribution in [0.1, 0.15) is 11.9 Å². The van der Waals surface area contributed by atoms with Crippen molar-refractivity contribution in [1.82, 2.24) is 20.2 Å². The molecule has 5 N–H and O–H groups in total. The summed E-state index contributed by atoms with van der Waals surface area (Å²) >= 11 is 0. The van der Waals surface area contributed by atoms with E-state index in [0.29, 0.717) is 19.0 Å². The van der Waals surface area contributed by atoms with Gasteiger partial charge in [0.2, 0.25) is 5.95 Å². The molecule has 0 bridgehead atoms. The monoisotopic (exact) mass is 184 g/mol. The van der Waals surface area contributed by atoms with Crippen LogP contribution in [0, 0.1) is 0 Å². The van der Waals surface area contributed by atoms with Gasteiger partial charge < -0.3 is 21.6 Å². The molecule has 1 fully saturated rings. The Morgan fingerprint density at radius 1 is 1.54 bits per heavy atom. The molecule has 0 aromatic carbocycles. The van der Waals surface area contributed by atoms with Crippen molar-refractivity contribution in [2.45, 2.75) is 6.04 Å². The lowest BCUT2D eigenvalue weighted by molar-refractivity contribution is 0.0735. The summed E-state index contributed by atoms with van der Waals surface area (Å²) in [5, 5.41) is 10.7. The smallest absolute Gasteiger partial charge is 0.240 e. The molecule has 1 aliphatic heterocycles. The Bertz CT molecular complexity index is 291. The van der Waals surface area contributed by atoms with Gasteiger partial charge in [-0.1, -0.05) is 0 Å². The first-order valence-electron chi connectivity index (χ1n) is 4.06. The van der Waals surface area contributed by atoms with E-state index >= 15 is 0 Å². The SMILES string of the molecule is Nc1nnc(C2COCCN2)n1N. The maximum absolute atomic E-state index is 5.60. The van der Waals surface area contributed by atoms with E-state index < -0.39 is 0 Å². The second-order valence-electron chi connectivity index (χ2n) is 2.87. The van der Waals surface area contributed by atoms with Gasteiger partial charge in [-0.05, 0) is 0 Å². The number of hydrogen-bond donors (Lipinski definition) is 3. The van der Waals surface area contributed by atoms with E-state index in [1.807, 2.05) is 0 Å². The first kappa shape index (κ1) is 8.27. The zero-order valence-electron chi connectivity index (χ0n) is 7.10. The van der Waals surface area contributed by atoms with Crippen LogP contribution in [0.4, 0.5) is 5.95 Å². The highest BCUT2D eigenvalue weighted by Crippen LogP contribution is 2.12. The largest absolute Gasteiger partial charge is 0.378 e. The van der Waals surface area contributed by atoms with E-state index in [1.165, 1.54) is 4.68 Å². The number of nitrogen functional groups attached to an aromatic ring is 2. The molecule has 1 atom stereocenters. The quantitative estimate of drug-likeness (QED) is 0.446. The number of nitrogens with two attached hydrogens (primary N) is 2. The van der Waals surface area contributed by atoms with Crippen LogP contribution in [0.15, 0.2) is 0 Å². The number of ether oxygens (including phenoxy) is 1. The van der Waals surface area contributed by atoms with Gasteiger partial charge in [-0.25, -0.2) is 4.68 Å². The molecule has 1 saturated heterocycles. The number of nitrogens with one attached hydrogen (secondary N) is 1. The van der Waals surface area contributed by atoms with Crippen LogP contribution >= 0.6 is 0 Å². The summed E-state index contributed by atoms with van der Waals surface area (Å²) in [6, 6.07) is -0.0106. The highest BCUT2D eigenvalue weighted by atomic mass is 16.5. The first-order valence-corrected chi connectivity index (χ1v) is 4.06. The molecule has 1 aromatic heterocycles. The van der Waals surface area contributed by atoms with Crippen molar-refractivity contribution >= 4 is 5.95 Å². The van der Waals surface area contributed by atoms with Crippen LogP contribution in [-0.4, -0.2) is 34.6 Å². The van der Waals surface area contributed by atoms with Crippen molar-refractivity contribution in [3.63, 3.8) is 0 Å². The Labute approximate surface area is 75.0 Å². The van der Waals surface area contributed by atoms with Crippen molar-refractivity contribution in [1.29, 1.82) is 0 Å². The summed E-state index contributed by atoms with van der Waals surface area (Å²) in [6.07, 6.45) is 0. The highest BCUT2D eigenvalue weighted by Gasteiger charge is 2.21. The molecule has 0 aliphatic carbocycles. The van der Waals surface area contributed by atoms with Gasteiger partial charge in [0.1, 0.15) is 0 Å². The van der Waals surface area contributed by atoms with Gasteiger partial charge in [0, 0.05) is 6.54 Å². The van der Waals surface area contributed by atoms with Crippen molar-refractivity contribution < 1.29 is 4.74 Å². The molecule has 2 heterocycles. The van der Waals surface area contributed by atoms with Crippen molar-refractivity contribution in [2.75, 3.05) is 31.3 Å². The summed E-state index contributed by atoms with van der Waals surface area (Å²) in [6.45, 7) is 2.05. The standard InChI is InChI=1S/C6H12N6O/c7-6-11-10-5(12(6)8)4-3-13-2-1-9-4/h4,9H,1-3,8H2,(H2,7,11). The molecule has 72 valence electrons. The van der Waals surface area contributed by atoms with Gasteiger partial charge >= 0.3 is 0 Å². The molecule has 13 heavy (non-hydrogen) atoms. The van der Waals surface area contributed by atoms with Gasteiger partial charge in [-0.3, -0.25) is 0 Å². The topological polar surface area (TPSA) is 104 Å². The summed E-state index contributed by atoms with van der Waals surface area (Å²) in [4.78, 5) is 0. The van der Waals surface area contributed by atoms with E-state index in [0.717, 1.165) is 6.54 Å². The summed E-state index contributed by atoms with van der Waals surface area (Å²) in [7, 11) is 0. The predicted octanol–water partition coefficient (Wildman–Crippen LogP) is -1.76. The summed E-state index contributed by atoms with van der Waals surface area (Å²) in [5.74, 6) is 6.42. The lowest BCUT2D eigenvalue weighted by Gasteiger charge is -2.22. The van der Waals surface area contributed by atoms with Crippen LogP contribution in [-0.2, 0) is 4.74 Å². The average Bonchev–Trinajstić information content (AvgIpc) is 2.49. The normalized spacial score (nSPS) is 23.2. The number of anilines is 1. The molecule has 2 rings (SSSR count). The minimum absolute atomic E-state index is 0.0106. The molecule has 1 aliphatic rings. The summed E-state index contributed by atoms with van der Waals surface area (Å²) < 4.78 is 6.53. The Hall–Kier alpha value is -1.34. The Morgan fingerprint density at radius 2 is 2.38 bits per heavy atom. The first-order chi connectivity index (χ1) is 6.29. The number of morpholine rings is 1. The summed E-state index contributed by atoms with van der Waals surface area (Å²) in [5.41, 5.74) is 5.44. The van der Waals surface area contributed by atoms with Crippen LogP contribution in [0.5, 0.6) is 0 Å². The van der Waals surface area contributed by atoms with Gasteiger partial charge in [0.15, 0.2) is 5.82 Å². The van der Waals surface area contributed by atoms with E-state index in [9.17, 15) is 0 Å². The molecule has 1 unspecified atom stereocenters. The van der Waals surface area contributed by atoms with Crippen LogP contribution < -0.4 is 16.9 Å². The van der Waals surface area contributed by atoms with E-state index in [2.05, 4.69) is 15.5 Å². The van der Waals surface area contributed by atoms with Gasteiger partial charge in [0.05, 0.1) is 19.3 Å². The Balaban J connectivity index is 2.18. The molecule has 0 spiro atoms. The zero-order chi connectivity index (χ0) is 9.26. The van der Waals surface area contributed by atoms with Crippen molar-refractivity contribution in [3.05, 3.63) is 5.82 Å². The van der Waals surface area contributed by atoms with Crippen molar-refractivity contribution in [2.24, 2.45) is 0 Å². The fourth-order valence-electron chi connectivity index (χ4n) is 1.29. The van der Waals surface area contributed by atoms with Crippen molar-refractivity contribution in [3.8, 4) is 0 Å². The number of rotatable bonds is 1. The lowest BCUT2D eigenvalue weighted by Crippen LogP contribution is -2.37. The Morgan fingerprint density at radius 3 is 2.92 bits per heavy atom. The molecule has 7 heteroatoms. The molecular formula is C6H12N6O. The molecule has 7 nitrogen and oxygen atoms in total. The van der Waals surface area contributed by atoms with Crippen LogP contribution in [0.3, 0.4) is 0 Å². The molecule has 0 saturated carbocycles. The molecule has 0 radical (unpaired) electrons. The van der Waals surface area contributed by atoms with Crippen LogP contribution in [0.25, 0.3) is 0 Å². The third-order valence-electron chi connectivity index (χ3n) is 1.98. The number of hydrogen-bond acceptors (Lipinski definition) is 6. The zero-order valence-corrected chi connectivity index (χ0v) is 7.10. The number of nitrogens with zero attached hydrogens (tertiary/aromatic N) is 3. The maximum Gasteiger partial charge on any atom is 0.240 e. The average molecular weight is 184 g/mol. The lowest BCUT2D eigenvalue weighted by atomic mass is 10.2. The second kappa shape index (κ2) is 3.19. The van der Waals surface area contributed by atoms with Gasteiger partial charge in [0.25, 0.3) is 0 Å². The van der Waals surface area contributed by atoms with Gasteiger partial charge in [-0.15, -0.1) is 10.2 Å². The van der Waals surface area contributed by atoms with E-state index in [1.54, 1.807) is 0 Å². The predicted molar refractivity (Wildman–Crippen MR) is 46.1 cm³/mol. The minimum Gasteiger partial charge on any atom is -0.378 e. The minimum atomic E-state index is -0.0106. The maximum atomic E-state index is 5.60. The fraction of sp³-hybridized carbons (Fsp3) is 0.667. The van der Waals surface area contributed by atoms with E-state index in [-0.39, 0.29) is 12.0 Å². The highest BCUT2D eigenvalue weighted by molar-refractivity contribution is 5.18. The Kier molecular flexibility index (Phi) is 2.03. The molecular weight excluding hydrogens is 172 g/mol. The molecule has 0 amide bonds. The fourth-order valence-corrected chi connectivity index (χ4v) is 1.29.